The second-order valence-electron chi connectivity index (χ2n) is 5.87. The molecule has 1 aliphatic carbocycles. The maximum absolute atomic E-state index is 12.3. The minimum absolute atomic E-state index is 0.220. The van der Waals surface area contributed by atoms with E-state index in [2.05, 4.69) is 10.3 Å². The molecule has 1 heterocycles. The van der Waals surface area contributed by atoms with Gasteiger partial charge in [0.05, 0.1) is 11.6 Å². The van der Waals surface area contributed by atoms with Gasteiger partial charge in [0.15, 0.2) is 0 Å². The van der Waals surface area contributed by atoms with Gasteiger partial charge in [0.2, 0.25) is 5.88 Å². The quantitative estimate of drug-likeness (QED) is 0.917. The Hall–Kier alpha value is -2.87. The van der Waals surface area contributed by atoms with Gasteiger partial charge in [0.25, 0.3) is 5.91 Å². The third kappa shape index (κ3) is 3.90. The molecular weight excluding hydrogens is 302 g/mol. The minimum Gasteiger partial charge on any atom is -0.474 e. The molecule has 24 heavy (non-hydrogen) atoms. The van der Waals surface area contributed by atoms with Crippen LogP contribution in [-0.2, 0) is 6.54 Å². The number of hydrogen-bond donors (Lipinski definition) is 1. The van der Waals surface area contributed by atoms with E-state index < -0.39 is 0 Å². The van der Waals surface area contributed by atoms with Crippen molar-refractivity contribution in [3.05, 3.63) is 59.3 Å². The van der Waals surface area contributed by atoms with Crippen LogP contribution in [0.3, 0.4) is 0 Å². The van der Waals surface area contributed by atoms with Crippen molar-refractivity contribution in [3.8, 4) is 11.9 Å². The van der Waals surface area contributed by atoms with Crippen molar-refractivity contribution in [2.45, 2.75) is 38.3 Å². The zero-order chi connectivity index (χ0) is 16.8. The molecule has 5 nitrogen and oxygen atoms in total. The number of carbonyl (C=O) groups excluding carboxylic acids is 1. The van der Waals surface area contributed by atoms with Crippen LogP contribution in [0.15, 0.2) is 42.6 Å². The molecule has 0 unspecified atom stereocenters. The van der Waals surface area contributed by atoms with Gasteiger partial charge >= 0.3 is 0 Å². The summed E-state index contributed by atoms with van der Waals surface area (Å²) in [7, 11) is 0. The molecule has 0 radical (unpaired) electrons. The average molecular weight is 321 g/mol. The fourth-order valence-electron chi connectivity index (χ4n) is 2.84. The van der Waals surface area contributed by atoms with E-state index in [0.29, 0.717) is 23.6 Å². The highest BCUT2D eigenvalue weighted by atomic mass is 16.5. The predicted molar refractivity (Wildman–Crippen MR) is 89.4 cm³/mol. The molecule has 0 spiro atoms. The number of ether oxygens (including phenoxy) is 1. The van der Waals surface area contributed by atoms with E-state index in [-0.39, 0.29) is 12.0 Å². The van der Waals surface area contributed by atoms with Gasteiger partial charge in [-0.05, 0) is 49.9 Å². The summed E-state index contributed by atoms with van der Waals surface area (Å²) in [6.07, 6.45) is 6.43. The number of aromatic nitrogens is 1. The molecule has 1 amide bonds. The SMILES string of the molecule is N#Cc1cccc(C(=O)NCc2cccnc2OC2CCCC2)c1. The van der Waals surface area contributed by atoms with Crippen molar-refractivity contribution >= 4 is 5.91 Å². The number of carbonyl (C=O) groups is 1. The van der Waals surface area contributed by atoms with Crippen LogP contribution in [0.1, 0.15) is 47.2 Å². The molecule has 0 saturated heterocycles. The summed E-state index contributed by atoms with van der Waals surface area (Å²) in [6, 6.07) is 12.4. The monoisotopic (exact) mass is 321 g/mol. The van der Waals surface area contributed by atoms with Crippen molar-refractivity contribution in [1.82, 2.24) is 10.3 Å². The maximum atomic E-state index is 12.3. The van der Waals surface area contributed by atoms with Gasteiger partial charge in [-0.2, -0.15) is 5.26 Å². The van der Waals surface area contributed by atoms with E-state index in [0.717, 1.165) is 18.4 Å². The van der Waals surface area contributed by atoms with Crippen molar-refractivity contribution in [1.29, 1.82) is 5.26 Å². The van der Waals surface area contributed by atoms with E-state index in [1.807, 2.05) is 18.2 Å². The Morgan fingerprint density at radius 3 is 2.92 bits per heavy atom. The first-order chi connectivity index (χ1) is 11.8. The van der Waals surface area contributed by atoms with Gasteiger partial charge in [-0.25, -0.2) is 4.98 Å². The summed E-state index contributed by atoms with van der Waals surface area (Å²) in [5.41, 5.74) is 1.79. The molecule has 3 rings (SSSR count). The van der Waals surface area contributed by atoms with Crippen LogP contribution in [0, 0.1) is 11.3 Å². The first-order valence-electron chi connectivity index (χ1n) is 8.15. The van der Waals surface area contributed by atoms with E-state index in [9.17, 15) is 4.79 Å². The minimum atomic E-state index is -0.220. The van der Waals surface area contributed by atoms with Gasteiger partial charge in [-0.3, -0.25) is 4.79 Å². The van der Waals surface area contributed by atoms with Crippen molar-refractivity contribution in [2.24, 2.45) is 0 Å². The molecule has 1 aromatic heterocycles. The van der Waals surface area contributed by atoms with E-state index in [1.165, 1.54) is 12.8 Å². The Morgan fingerprint density at radius 2 is 2.12 bits per heavy atom. The van der Waals surface area contributed by atoms with Crippen LogP contribution in [0.25, 0.3) is 0 Å². The fraction of sp³-hybridized carbons (Fsp3) is 0.316. The second kappa shape index (κ2) is 7.60. The molecular formula is C19H19N3O2. The van der Waals surface area contributed by atoms with E-state index >= 15 is 0 Å². The highest BCUT2D eigenvalue weighted by molar-refractivity contribution is 5.94. The van der Waals surface area contributed by atoms with Crippen LogP contribution in [-0.4, -0.2) is 17.0 Å². The third-order valence-electron chi connectivity index (χ3n) is 4.12. The Kier molecular flexibility index (Phi) is 5.07. The van der Waals surface area contributed by atoms with Crippen LogP contribution < -0.4 is 10.1 Å². The van der Waals surface area contributed by atoms with Gasteiger partial charge in [0, 0.05) is 23.9 Å². The van der Waals surface area contributed by atoms with Crippen LogP contribution in [0.4, 0.5) is 0 Å². The molecule has 0 aliphatic heterocycles. The number of benzene rings is 1. The number of pyridine rings is 1. The van der Waals surface area contributed by atoms with Crippen LogP contribution >= 0.6 is 0 Å². The summed E-state index contributed by atoms with van der Waals surface area (Å²) >= 11 is 0. The molecule has 122 valence electrons. The number of amides is 1. The highest BCUT2D eigenvalue weighted by Crippen LogP contribution is 2.25. The summed E-state index contributed by atoms with van der Waals surface area (Å²) in [5, 5.41) is 11.8. The zero-order valence-corrected chi connectivity index (χ0v) is 13.4. The van der Waals surface area contributed by atoms with E-state index in [4.69, 9.17) is 10.00 Å². The smallest absolute Gasteiger partial charge is 0.251 e. The van der Waals surface area contributed by atoms with E-state index in [1.54, 1.807) is 30.5 Å². The number of nitriles is 1. The lowest BCUT2D eigenvalue weighted by atomic mass is 10.1. The van der Waals surface area contributed by atoms with Gasteiger partial charge in [-0.15, -0.1) is 0 Å². The first-order valence-corrected chi connectivity index (χ1v) is 8.15. The predicted octanol–water partition coefficient (Wildman–Crippen LogP) is 3.20. The van der Waals surface area contributed by atoms with Crippen molar-refractivity contribution in [3.63, 3.8) is 0 Å². The third-order valence-corrected chi connectivity index (χ3v) is 4.12. The molecule has 1 fully saturated rings. The topological polar surface area (TPSA) is 75.0 Å². The zero-order valence-electron chi connectivity index (χ0n) is 13.4. The molecule has 2 aromatic rings. The Morgan fingerprint density at radius 1 is 1.29 bits per heavy atom. The molecule has 1 saturated carbocycles. The van der Waals surface area contributed by atoms with Gasteiger partial charge in [-0.1, -0.05) is 12.1 Å². The number of rotatable bonds is 5. The lowest BCUT2D eigenvalue weighted by Crippen LogP contribution is -2.24. The Labute approximate surface area is 141 Å². The summed E-state index contributed by atoms with van der Waals surface area (Å²) in [5.74, 6) is 0.373. The molecule has 0 bridgehead atoms. The fourth-order valence-corrected chi connectivity index (χ4v) is 2.84. The maximum Gasteiger partial charge on any atom is 0.251 e. The summed E-state index contributed by atoms with van der Waals surface area (Å²) in [6.45, 7) is 0.339. The van der Waals surface area contributed by atoms with Crippen molar-refractivity contribution < 1.29 is 9.53 Å². The Balaban J connectivity index is 1.65. The average Bonchev–Trinajstić information content (AvgIpc) is 3.14. The number of nitrogens with zero attached hydrogens (tertiary/aromatic N) is 2. The van der Waals surface area contributed by atoms with Crippen LogP contribution in [0.5, 0.6) is 5.88 Å². The van der Waals surface area contributed by atoms with Crippen LogP contribution in [0.2, 0.25) is 0 Å². The largest absolute Gasteiger partial charge is 0.474 e. The number of hydrogen-bond acceptors (Lipinski definition) is 4. The summed E-state index contributed by atoms with van der Waals surface area (Å²) < 4.78 is 5.98. The summed E-state index contributed by atoms with van der Waals surface area (Å²) in [4.78, 5) is 16.6. The molecule has 1 aromatic carbocycles. The molecule has 5 heteroatoms. The normalized spacial score (nSPS) is 14.1. The standard InChI is InChI=1S/C19H19N3O2/c20-12-14-5-3-6-15(11-14)18(23)22-13-16-7-4-10-21-19(16)24-17-8-1-2-9-17/h3-7,10-11,17H,1-2,8-9,13H2,(H,22,23). The lowest BCUT2D eigenvalue weighted by Gasteiger charge is -2.15. The molecule has 1 N–H and O–H groups in total. The lowest BCUT2D eigenvalue weighted by molar-refractivity contribution is 0.0950. The van der Waals surface area contributed by atoms with Gasteiger partial charge < -0.3 is 10.1 Å². The second-order valence-corrected chi connectivity index (χ2v) is 5.87. The molecule has 1 aliphatic rings. The molecule has 0 atom stereocenters. The number of nitrogens with one attached hydrogen (secondary N) is 1. The Bertz CT molecular complexity index is 761. The highest BCUT2D eigenvalue weighted by Gasteiger charge is 2.18. The van der Waals surface area contributed by atoms with Gasteiger partial charge in [0.1, 0.15) is 6.10 Å². The first kappa shape index (κ1) is 16.0. The van der Waals surface area contributed by atoms with Crippen molar-refractivity contribution in [2.75, 3.05) is 0 Å².